The molecule has 4 rings (SSSR count). The van der Waals surface area contributed by atoms with Crippen LogP contribution in [0.3, 0.4) is 0 Å². The van der Waals surface area contributed by atoms with Gasteiger partial charge in [0.2, 0.25) is 5.56 Å². The summed E-state index contributed by atoms with van der Waals surface area (Å²) in [5.74, 6) is 0.0000191. The molecule has 9 heteroatoms. The van der Waals surface area contributed by atoms with Gasteiger partial charge in [-0.3, -0.25) is 9.59 Å². The summed E-state index contributed by atoms with van der Waals surface area (Å²) in [6, 6.07) is 4.59. The number of fused-ring (bicyclic) bond motifs is 1. The van der Waals surface area contributed by atoms with Crippen molar-refractivity contribution < 1.29 is 19.4 Å². The van der Waals surface area contributed by atoms with Gasteiger partial charge in [0.1, 0.15) is 11.9 Å². The lowest BCUT2D eigenvalue weighted by Crippen LogP contribution is -2.43. The third-order valence-corrected chi connectivity index (χ3v) is 6.97. The number of rotatable bonds is 10. The first-order valence-corrected chi connectivity index (χ1v) is 12.4. The first kappa shape index (κ1) is 24.9. The Labute approximate surface area is 204 Å². The van der Waals surface area contributed by atoms with Gasteiger partial charge in [-0.25, -0.2) is 9.78 Å². The first-order valence-electron chi connectivity index (χ1n) is 12.4. The van der Waals surface area contributed by atoms with E-state index in [1.165, 1.54) is 11.6 Å². The number of H-pyrrole nitrogens is 1. The second-order valence-electron chi connectivity index (χ2n) is 9.68. The number of ether oxygens (including phenoxy) is 1. The molecule has 1 aliphatic heterocycles. The number of carbonyl (C=O) groups excluding carboxylic acids is 1. The van der Waals surface area contributed by atoms with Crippen LogP contribution in [0.2, 0.25) is 0 Å². The Kier molecular flexibility index (Phi) is 7.85. The molecule has 4 N–H and O–H groups in total. The van der Waals surface area contributed by atoms with Crippen LogP contribution < -0.4 is 16.2 Å². The zero-order chi connectivity index (χ0) is 24.9. The summed E-state index contributed by atoms with van der Waals surface area (Å²) in [5.41, 5.74) is 3.34. The van der Waals surface area contributed by atoms with Crippen LogP contribution in [0.1, 0.15) is 65.0 Å². The van der Waals surface area contributed by atoms with E-state index >= 15 is 0 Å². The Balaban J connectivity index is 1.18. The zero-order valence-electron chi connectivity index (χ0n) is 20.4. The van der Waals surface area contributed by atoms with E-state index in [4.69, 9.17) is 9.72 Å². The van der Waals surface area contributed by atoms with E-state index in [9.17, 15) is 19.5 Å². The number of aliphatic carboxylic acids is 1. The van der Waals surface area contributed by atoms with Gasteiger partial charge in [-0.1, -0.05) is 6.07 Å². The molecular formula is C26H34N4O5. The Bertz CT molecular complexity index is 1110. The summed E-state index contributed by atoms with van der Waals surface area (Å²) in [6.45, 7) is 4.52. The van der Waals surface area contributed by atoms with Crippen molar-refractivity contribution in [1.29, 1.82) is 0 Å². The molecule has 3 heterocycles. The highest BCUT2D eigenvalue weighted by molar-refractivity contribution is 5.98. The number of aromatic amines is 1. The minimum absolute atomic E-state index is 0.131. The molecule has 2 aromatic rings. The van der Waals surface area contributed by atoms with Crippen molar-refractivity contribution in [3.8, 4) is 0 Å². The number of aryl methyl sites for hydroxylation is 4. The third-order valence-electron chi connectivity index (χ3n) is 6.97. The number of carbonyl (C=O) groups is 2. The molecule has 0 radical (unpaired) electrons. The van der Waals surface area contributed by atoms with Gasteiger partial charge in [0.25, 0.3) is 5.91 Å². The largest absolute Gasteiger partial charge is 0.480 e. The summed E-state index contributed by atoms with van der Waals surface area (Å²) in [4.78, 5) is 43.2. The van der Waals surface area contributed by atoms with Crippen molar-refractivity contribution in [1.82, 2.24) is 15.3 Å². The number of aromatic nitrogens is 2. The van der Waals surface area contributed by atoms with Gasteiger partial charge in [0, 0.05) is 37.0 Å². The molecule has 2 aromatic heterocycles. The maximum atomic E-state index is 12.6. The van der Waals surface area contributed by atoms with E-state index in [0.717, 1.165) is 56.6 Å². The van der Waals surface area contributed by atoms with Crippen LogP contribution in [0.15, 0.2) is 23.0 Å². The maximum Gasteiger partial charge on any atom is 0.326 e. The summed E-state index contributed by atoms with van der Waals surface area (Å²) in [5, 5.41) is 15.5. The second-order valence-corrected chi connectivity index (χ2v) is 9.68. The zero-order valence-corrected chi connectivity index (χ0v) is 20.4. The van der Waals surface area contributed by atoms with Gasteiger partial charge in [-0.05, 0) is 75.5 Å². The summed E-state index contributed by atoms with van der Waals surface area (Å²) in [7, 11) is 0. The highest BCUT2D eigenvalue weighted by atomic mass is 16.5. The molecule has 188 valence electrons. The van der Waals surface area contributed by atoms with Crippen molar-refractivity contribution in [2.24, 2.45) is 5.92 Å². The number of hydrogen-bond acceptors (Lipinski definition) is 6. The molecule has 9 nitrogen and oxygen atoms in total. The van der Waals surface area contributed by atoms with Crippen molar-refractivity contribution in [2.75, 3.05) is 18.5 Å². The van der Waals surface area contributed by atoms with Crippen molar-refractivity contribution in [2.45, 2.75) is 70.9 Å². The van der Waals surface area contributed by atoms with Crippen LogP contribution in [0.25, 0.3) is 0 Å². The molecule has 0 saturated heterocycles. The molecule has 0 spiro atoms. The minimum Gasteiger partial charge on any atom is -0.480 e. The van der Waals surface area contributed by atoms with Gasteiger partial charge in [-0.15, -0.1) is 0 Å². The van der Waals surface area contributed by atoms with Crippen LogP contribution in [0.4, 0.5) is 5.82 Å². The van der Waals surface area contributed by atoms with Crippen molar-refractivity contribution >= 4 is 17.7 Å². The lowest BCUT2D eigenvalue weighted by Gasteiger charge is -2.35. The maximum absolute atomic E-state index is 12.6. The van der Waals surface area contributed by atoms with E-state index < -0.39 is 17.9 Å². The van der Waals surface area contributed by atoms with E-state index in [-0.39, 0.29) is 24.7 Å². The smallest absolute Gasteiger partial charge is 0.326 e. The molecule has 1 amide bonds. The lowest BCUT2D eigenvalue weighted by molar-refractivity contribution is -0.140. The highest BCUT2D eigenvalue weighted by Gasteiger charge is 2.30. The number of nitrogens with one attached hydrogen (secondary N) is 3. The number of amides is 1. The fourth-order valence-electron chi connectivity index (χ4n) is 4.94. The van der Waals surface area contributed by atoms with Gasteiger partial charge >= 0.3 is 5.97 Å². The SMILES string of the molecule is Cc1cc(=O)[nH]c(C)c1C(=O)NC(CCO[C@H]1C[C@@H](CCc2ccc3c(n2)NCCC3)C1)C(=O)O. The Morgan fingerprint density at radius 2 is 2.09 bits per heavy atom. The van der Waals surface area contributed by atoms with Gasteiger partial charge < -0.3 is 25.5 Å². The fraction of sp³-hybridized carbons (Fsp3) is 0.538. The van der Waals surface area contributed by atoms with Gasteiger partial charge in [-0.2, -0.15) is 0 Å². The number of pyridine rings is 2. The average Bonchev–Trinajstić information content (AvgIpc) is 2.78. The van der Waals surface area contributed by atoms with E-state index in [0.29, 0.717) is 22.7 Å². The predicted molar refractivity (Wildman–Crippen MR) is 132 cm³/mol. The second kappa shape index (κ2) is 11.0. The molecule has 2 aliphatic rings. The molecule has 0 bridgehead atoms. The summed E-state index contributed by atoms with van der Waals surface area (Å²) >= 11 is 0. The van der Waals surface area contributed by atoms with E-state index in [2.05, 4.69) is 27.8 Å². The van der Waals surface area contributed by atoms with E-state index in [1.807, 2.05) is 0 Å². The number of carboxylic acid groups (broad SMARTS) is 1. The molecule has 1 saturated carbocycles. The van der Waals surface area contributed by atoms with Crippen molar-refractivity contribution in [3.63, 3.8) is 0 Å². The quantitative estimate of drug-likeness (QED) is 0.409. The van der Waals surface area contributed by atoms with Gasteiger partial charge in [0.05, 0.1) is 11.7 Å². The fourth-order valence-corrected chi connectivity index (χ4v) is 4.94. The summed E-state index contributed by atoms with van der Waals surface area (Å²) in [6.07, 6.45) is 6.50. The minimum atomic E-state index is -1.11. The molecule has 1 unspecified atom stereocenters. The van der Waals surface area contributed by atoms with Crippen LogP contribution >= 0.6 is 0 Å². The number of hydrogen-bond donors (Lipinski definition) is 4. The number of carboxylic acids is 1. The third kappa shape index (κ3) is 6.28. The van der Waals surface area contributed by atoms with Crippen LogP contribution in [0.5, 0.6) is 0 Å². The standard InChI is InChI=1S/C26H34N4O5/c1-15-12-22(31)28-16(2)23(15)25(32)30-21(26(33)34)9-11-35-20-13-17(14-20)5-7-19-8-6-18-4-3-10-27-24(18)29-19/h6,8,12,17,20-21H,3-5,7,9-11,13-14H2,1-2H3,(H,27,29)(H,28,31)(H,30,32)(H,33,34)/t17-,20+,21?. The Morgan fingerprint density at radius 3 is 2.83 bits per heavy atom. The van der Waals surface area contributed by atoms with Gasteiger partial charge in [0.15, 0.2) is 0 Å². The molecule has 0 aromatic carbocycles. The summed E-state index contributed by atoms with van der Waals surface area (Å²) < 4.78 is 5.88. The average molecular weight is 483 g/mol. The Hall–Kier alpha value is -3.20. The predicted octanol–water partition coefficient (Wildman–Crippen LogP) is 2.75. The van der Waals surface area contributed by atoms with E-state index in [1.54, 1.807) is 13.8 Å². The number of nitrogens with zero attached hydrogens (tertiary/aromatic N) is 1. The molecule has 1 aliphatic carbocycles. The normalized spacial score (nSPS) is 19.7. The van der Waals surface area contributed by atoms with Crippen LogP contribution in [-0.4, -0.2) is 52.2 Å². The highest BCUT2D eigenvalue weighted by Crippen LogP contribution is 2.34. The molecular weight excluding hydrogens is 448 g/mol. The molecule has 1 atom stereocenters. The molecule has 1 fully saturated rings. The van der Waals surface area contributed by atoms with Crippen LogP contribution in [0, 0.1) is 19.8 Å². The topological polar surface area (TPSA) is 133 Å². The van der Waals surface area contributed by atoms with Crippen molar-refractivity contribution in [3.05, 3.63) is 56.6 Å². The lowest BCUT2D eigenvalue weighted by atomic mass is 9.79. The Morgan fingerprint density at radius 1 is 1.29 bits per heavy atom. The van der Waals surface area contributed by atoms with Crippen LogP contribution in [-0.2, 0) is 22.4 Å². The molecule has 35 heavy (non-hydrogen) atoms. The first-order chi connectivity index (χ1) is 16.8. The number of anilines is 1. The monoisotopic (exact) mass is 482 g/mol.